The summed E-state index contributed by atoms with van der Waals surface area (Å²) < 4.78 is 35.3. The molecule has 1 aliphatic heterocycles. The number of likely N-dealkylation sites (tertiary alicyclic amines) is 1. The summed E-state index contributed by atoms with van der Waals surface area (Å²) in [6, 6.07) is 8.60. The van der Waals surface area contributed by atoms with Gasteiger partial charge in [-0.15, -0.1) is 0 Å². The molecule has 0 aliphatic carbocycles. The van der Waals surface area contributed by atoms with Gasteiger partial charge in [0, 0.05) is 37.1 Å². The second kappa shape index (κ2) is 10.2. The lowest BCUT2D eigenvalue weighted by Gasteiger charge is -2.32. The number of rotatable bonds is 8. The summed E-state index contributed by atoms with van der Waals surface area (Å²) in [5.41, 5.74) is 1.97. The lowest BCUT2D eigenvalue weighted by molar-refractivity contribution is 0.0904. The Morgan fingerprint density at radius 2 is 1.71 bits per heavy atom. The minimum atomic E-state index is -0.355. The molecule has 1 amide bonds. The number of hydrogen-bond donors (Lipinski definition) is 2. The van der Waals surface area contributed by atoms with Crippen LogP contribution < -0.4 is 24.3 Å². The van der Waals surface area contributed by atoms with Crippen LogP contribution in [0.25, 0.3) is 10.9 Å². The van der Waals surface area contributed by atoms with Gasteiger partial charge in [-0.05, 0) is 36.6 Å². The third kappa shape index (κ3) is 4.75. The summed E-state index contributed by atoms with van der Waals surface area (Å²) in [5, 5.41) is 3.86. The van der Waals surface area contributed by atoms with Crippen LogP contribution in [0.15, 0.2) is 30.3 Å². The molecule has 9 heteroatoms. The maximum absolute atomic E-state index is 14.0. The number of hydrogen-bond acceptors (Lipinski definition) is 6. The van der Waals surface area contributed by atoms with Crippen molar-refractivity contribution in [1.29, 1.82) is 0 Å². The number of nitrogens with zero attached hydrogens (tertiary/aromatic N) is 1. The maximum atomic E-state index is 14.0. The molecule has 1 aromatic heterocycles. The van der Waals surface area contributed by atoms with E-state index < -0.39 is 0 Å². The zero-order valence-electron chi connectivity index (χ0n) is 19.9. The summed E-state index contributed by atoms with van der Waals surface area (Å²) >= 11 is 0. The van der Waals surface area contributed by atoms with E-state index in [0.717, 1.165) is 36.9 Å². The summed E-state index contributed by atoms with van der Waals surface area (Å²) in [7, 11) is 6.13. The van der Waals surface area contributed by atoms with Crippen molar-refractivity contribution >= 4 is 16.8 Å². The second-order valence-electron chi connectivity index (χ2n) is 8.28. The number of carbonyl (C=O) groups is 1. The van der Waals surface area contributed by atoms with E-state index in [1.54, 1.807) is 39.5 Å². The molecule has 0 spiro atoms. The van der Waals surface area contributed by atoms with Crippen LogP contribution in [-0.2, 0) is 6.54 Å². The van der Waals surface area contributed by atoms with Gasteiger partial charge >= 0.3 is 0 Å². The predicted molar refractivity (Wildman–Crippen MR) is 127 cm³/mol. The van der Waals surface area contributed by atoms with Crippen molar-refractivity contribution in [3.05, 3.63) is 47.4 Å². The highest BCUT2D eigenvalue weighted by atomic mass is 19.1. The van der Waals surface area contributed by atoms with Crippen molar-refractivity contribution in [2.45, 2.75) is 25.4 Å². The van der Waals surface area contributed by atoms with E-state index in [1.807, 2.05) is 6.07 Å². The van der Waals surface area contributed by atoms with Gasteiger partial charge in [-0.3, -0.25) is 9.69 Å². The van der Waals surface area contributed by atoms with Crippen molar-refractivity contribution in [3.8, 4) is 23.0 Å². The number of methoxy groups -OCH3 is 4. The van der Waals surface area contributed by atoms with Gasteiger partial charge in [0.2, 0.25) is 0 Å². The van der Waals surface area contributed by atoms with Crippen LogP contribution in [0, 0.1) is 5.82 Å². The molecular weight excluding hydrogens is 441 g/mol. The number of aromatic amines is 1. The molecule has 2 aromatic carbocycles. The molecule has 2 heterocycles. The minimum Gasteiger partial charge on any atom is -0.496 e. The summed E-state index contributed by atoms with van der Waals surface area (Å²) in [6.45, 7) is 2.28. The number of ether oxygens (including phenoxy) is 4. The van der Waals surface area contributed by atoms with Gasteiger partial charge in [0.1, 0.15) is 11.4 Å². The van der Waals surface area contributed by atoms with Crippen LogP contribution in [0.5, 0.6) is 23.0 Å². The molecule has 1 fully saturated rings. The predicted octanol–water partition coefficient (Wildman–Crippen LogP) is 3.74. The molecule has 182 valence electrons. The van der Waals surface area contributed by atoms with E-state index in [2.05, 4.69) is 15.2 Å². The van der Waals surface area contributed by atoms with Gasteiger partial charge in [-0.25, -0.2) is 4.39 Å². The Labute approximate surface area is 197 Å². The first kappa shape index (κ1) is 23.7. The Bertz CT molecular complexity index is 1170. The summed E-state index contributed by atoms with van der Waals surface area (Å²) in [5.74, 6) is 1.33. The summed E-state index contributed by atoms with van der Waals surface area (Å²) in [4.78, 5) is 18.4. The van der Waals surface area contributed by atoms with E-state index in [9.17, 15) is 9.18 Å². The molecule has 0 bridgehead atoms. The van der Waals surface area contributed by atoms with Crippen molar-refractivity contribution in [1.82, 2.24) is 15.2 Å². The first-order valence-corrected chi connectivity index (χ1v) is 11.1. The first-order valence-electron chi connectivity index (χ1n) is 11.1. The van der Waals surface area contributed by atoms with Crippen LogP contribution >= 0.6 is 0 Å². The lowest BCUT2D eigenvalue weighted by atomic mass is 10.0. The van der Waals surface area contributed by atoms with Crippen LogP contribution in [0.3, 0.4) is 0 Å². The van der Waals surface area contributed by atoms with Crippen LogP contribution in [0.1, 0.15) is 28.9 Å². The van der Waals surface area contributed by atoms with Gasteiger partial charge in [-0.1, -0.05) is 6.07 Å². The number of piperidine rings is 1. The van der Waals surface area contributed by atoms with Crippen molar-refractivity contribution in [2.75, 3.05) is 41.5 Å². The number of fused-ring (bicyclic) bond motifs is 1. The van der Waals surface area contributed by atoms with E-state index in [0.29, 0.717) is 35.0 Å². The molecular formula is C25H30FN3O5. The molecule has 1 saturated heterocycles. The second-order valence-corrected chi connectivity index (χ2v) is 8.28. The third-order valence-corrected chi connectivity index (χ3v) is 6.23. The molecule has 2 N–H and O–H groups in total. The molecule has 3 aromatic rings. The molecule has 34 heavy (non-hydrogen) atoms. The third-order valence-electron chi connectivity index (χ3n) is 6.23. The average Bonchev–Trinajstić information content (AvgIpc) is 3.30. The van der Waals surface area contributed by atoms with E-state index in [4.69, 9.17) is 18.9 Å². The number of halogens is 1. The Morgan fingerprint density at radius 3 is 2.32 bits per heavy atom. The standard InChI is InChI=1S/C25H30FN3O5/c1-31-20-6-5-15(11-18(20)26)14-29-9-7-16(8-10-29)27-25(30)19-12-17-21(32-2)13-22(33-3)24(34-4)23(17)28-19/h5-6,11-13,16,28H,7-10,14H2,1-4H3,(H,27,30). The van der Waals surface area contributed by atoms with Gasteiger partial charge in [0.15, 0.2) is 23.1 Å². The highest BCUT2D eigenvalue weighted by molar-refractivity contribution is 6.02. The van der Waals surface area contributed by atoms with Gasteiger partial charge in [0.05, 0.1) is 34.0 Å². The fourth-order valence-corrected chi connectivity index (χ4v) is 4.42. The molecule has 0 atom stereocenters. The first-order chi connectivity index (χ1) is 16.5. The average molecular weight is 472 g/mol. The maximum Gasteiger partial charge on any atom is 0.267 e. The monoisotopic (exact) mass is 471 g/mol. The molecule has 4 rings (SSSR count). The number of amides is 1. The molecule has 8 nitrogen and oxygen atoms in total. The minimum absolute atomic E-state index is 0.0566. The van der Waals surface area contributed by atoms with E-state index in [1.165, 1.54) is 13.2 Å². The normalized spacial score (nSPS) is 14.7. The number of H-pyrrole nitrogens is 1. The number of aromatic nitrogens is 1. The van der Waals surface area contributed by atoms with E-state index >= 15 is 0 Å². The zero-order valence-corrected chi connectivity index (χ0v) is 19.9. The largest absolute Gasteiger partial charge is 0.496 e. The number of benzene rings is 2. The lowest BCUT2D eigenvalue weighted by Crippen LogP contribution is -2.44. The Balaban J connectivity index is 1.40. The Kier molecular flexibility index (Phi) is 7.12. The van der Waals surface area contributed by atoms with Crippen LogP contribution in [0.2, 0.25) is 0 Å². The smallest absolute Gasteiger partial charge is 0.267 e. The molecule has 0 radical (unpaired) electrons. The van der Waals surface area contributed by atoms with Crippen molar-refractivity contribution in [2.24, 2.45) is 0 Å². The highest BCUT2D eigenvalue weighted by Gasteiger charge is 2.24. The van der Waals surface area contributed by atoms with Crippen LogP contribution in [0.4, 0.5) is 4.39 Å². The fraction of sp³-hybridized carbons (Fsp3) is 0.400. The summed E-state index contributed by atoms with van der Waals surface area (Å²) in [6.07, 6.45) is 1.62. The molecule has 0 unspecified atom stereocenters. The number of carbonyl (C=O) groups excluding carboxylic acids is 1. The van der Waals surface area contributed by atoms with Crippen molar-refractivity contribution < 1.29 is 28.1 Å². The van der Waals surface area contributed by atoms with Gasteiger partial charge < -0.3 is 29.2 Å². The fourth-order valence-electron chi connectivity index (χ4n) is 4.42. The Hall–Kier alpha value is -3.46. The quantitative estimate of drug-likeness (QED) is 0.521. The topological polar surface area (TPSA) is 85.1 Å². The highest BCUT2D eigenvalue weighted by Crippen LogP contribution is 2.41. The molecule has 1 aliphatic rings. The zero-order chi connectivity index (χ0) is 24.2. The van der Waals surface area contributed by atoms with Gasteiger partial charge in [-0.2, -0.15) is 0 Å². The van der Waals surface area contributed by atoms with Crippen molar-refractivity contribution in [3.63, 3.8) is 0 Å². The molecule has 0 saturated carbocycles. The van der Waals surface area contributed by atoms with Crippen LogP contribution in [-0.4, -0.2) is 63.4 Å². The Morgan fingerprint density at radius 1 is 1.00 bits per heavy atom. The number of nitrogens with one attached hydrogen (secondary N) is 2. The van der Waals surface area contributed by atoms with Gasteiger partial charge in [0.25, 0.3) is 5.91 Å². The SMILES string of the molecule is COc1ccc(CN2CCC(NC(=O)c3cc4c(OC)cc(OC)c(OC)c4[nH]3)CC2)cc1F. The van der Waals surface area contributed by atoms with E-state index in [-0.39, 0.29) is 23.5 Å².